The minimum Gasteiger partial charge on any atom is -0.478 e. The lowest BCUT2D eigenvalue weighted by Gasteiger charge is -2.08. The maximum Gasteiger partial charge on any atom is 0.335 e. The van der Waals surface area contributed by atoms with E-state index in [0.29, 0.717) is 17.2 Å². The van der Waals surface area contributed by atoms with Gasteiger partial charge in [-0.25, -0.2) is 9.78 Å². The van der Waals surface area contributed by atoms with Gasteiger partial charge in [0.25, 0.3) is 0 Å². The van der Waals surface area contributed by atoms with Crippen molar-refractivity contribution in [1.82, 2.24) is 4.98 Å². The summed E-state index contributed by atoms with van der Waals surface area (Å²) in [6.07, 6.45) is -0.0184. The Bertz CT molecular complexity index is 1110. The molecule has 6 heteroatoms. The van der Waals surface area contributed by atoms with E-state index in [1.54, 1.807) is 30.3 Å². The Morgan fingerprint density at radius 3 is 2.66 bits per heavy atom. The summed E-state index contributed by atoms with van der Waals surface area (Å²) >= 11 is 1.51. The topological polar surface area (TPSA) is 79.3 Å². The molecule has 0 spiro atoms. The Morgan fingerprint density at radius 2 is 1.93 bits per heavy atom. The molecular weight excluding hydrogens is 384 g/mol. The Hall–Kier alpha value is -3.43. The van der Waals surface area contributed by atoms with Gasteiger partial charge in [-0.3, -0.25) is 4.79 Å². The lowest BCUT2D eigenvalue weighted by Crippen LogP contribution is -2.16. The highest BCUT2D eigenvalue weighted by Crippen LogP contribution is 2.17. The zero-order valence-corrected chi connectivity index (χ0v) is 16.9. The van der Waals surface area contributed by atoms with Crippen LogP contribution in [0.3, 0.4) is 0 Å². The number of anilines is 1. The first-order valence-corrected chi connectivity index (χ1v) is 9.99. The molecule has 1 heterocycles. The van der Waals surface area contributed by atoms with Crippen molar-refractivity contribution >= 4 is 28.9 Å². The third kappa shape index (κ3) is 5.53. The van der Waals surface area contributed by atoms with Gasteiger partial charge in [-0.1, -0.05) is 44.0 Å². The Kier molecular flexibility index (Phi) is 6.43. The van der Waals surface area contributed by atoms with Crippen molar-refractivity contribution in [2.75, 3.05) is 5.32 Å². The molecule has 0 aliphatic carbocycles. The number of nitrogens with zero attached hydrogens (tertiary/aromatic N) is 1. The number of nitrogens with one attached hydrogen (secondary N) is 1. The molecular formula is C23H20N2O3S. The maximum atomic E-state index is 12.4. The van der Waals surface area contributed by atoms with E-state index in [9.17, 15) is 14.7 Å². The number of rotatable bonds is 5. The number of hydrogen-bond acceptors (Lipinski definition) is 4. The van der Waals surface area contributed by atoms with Gasteiger partial charge in [0.15, 0.2) is 5.01 Å². The molecule has 0 bridgehead atoms. The quantitative estimate of drug-likeness (QED) is 0.612. The molecule has 3 rings (SSSR count). The van der Waals surface area contributed by atoms with Crippen LogP contribution in [0.25, 0.3) is 0 Å². The SMILES string of the molecule is CC(C)c1csc(C#Cc2cccc(NC(=O)Cc3ccccc3C(=O)O)c2)n1. The van der Waals surface area contributed by atoms with Crippen LogP contribution in [0.5, 0.6) is 0 Å². The lowest BCUT2D eigenvalue weighted by atomic mass is 10.0. The molecule has 0 unspecified atom stereocenters. The molecule has 0 aliphatic heterocycles. The summed E-state index contributed by atoms with van der Waals surface area (Å²) in [5, 5.41) is 14.8. The fourth-order valence-electron chi connectivity index (χ4n) is 2.67. The monoisotopic (exact) mass is 404 g/mol. The third-order valence-electron chi connectivity index (χ3n) is 4.17. The highest BCUT2D eigenvalue weighted by molar-refractivity contribution is 7.10. The number of hydrogen-bond donors (Lipinski definition) is 2. The van der Waals surface area contributed by atoms with Crippen LogP contribution < -0.4 is 5.32 Å². The van der Waals surface area contributed by atoms with E-state index in [2.05, 4.69) is 36.0 Å². The summed E-state index contributed by atoms with van der Waals surface area (Å²) in [5.41, 5.74) is 3.00. The molecule has 0 radical (unpaired) electrons. The fraction of sp³-hybridized carbons (Fsp3) is 0.174. The van der Waals surface area contributed by atoms with Crippen LogP contribution >= 0.6 is 11.3 Å². The molecule has 3 aromatic rings. The van der Waals surface area contributed by atoms with E-state index >= 15 is 0 Å². The number of carboxylic acids is 1. The zero-order chi connectivity index (χ0) is 20.8. The van der Waals surface area contributed by atoms with Crippen molar-refractivity contribution in [3.05, 3.63) is 81.3 Å². The molecule has 2 N–H and O–H groups in total. The van der Waals surface area contributed by atoms with Crippen molar-refractivity contribution in [3.8, 4) is 11.8 Å². The van der Waals surface area contributed by atoms with Crippen LogP contribution in [0.15, 0.2) is 53.9 Å². The predicted octanol–water partition coefficient (Wildman–Crippen LogP) is 4.55. The molecule has 0 saturated heterocycles. The van der Waals surface area contributed by atoms with E-state index in [1.807, 2.05) is 17.5 Å². The van der Waals surface area contributed by atoms with Gasteiger partial charge in [-0.05, 0) is 41.7 Å². The zero-order valence-electron chi connectivity index (χ0n) is 16.1. The first-order chi connectivity index (χ1) is 13.9. The Morgan fingerprint density at radius 1 is 1.14 bits per heavy atom. The largest absolute Gasteiger partial charge is 0.478 e. The van der Waals surface area contributed by atoms with Gasteiger partial charge < -0.3 is 10.4 Å². The smallest absolute Gasteiger partial charge is 0.335 e. The number of thiazole rings is 1. The molecule has 0 aliphatic rings. The van der Waals surface area contributed by atoms with Crippen LogP contribution in [-0.2, 0) is 11.2 Å². The van der Waals surface area contributed by atoms with E-state index in [-0.39, 0.29) is 17.9 Å². The van der Waals surface area contributed by atoms with E-state index in [1.165, 1.54) is 17.4 Å². The van der Waals surface area contributed by atoms with Gasteiger partial charge in [-0.15, -0.1) is 11.3 Å². The summed E-state index contributed by atoms with van der Waals surface area (Å²) < 4.78 is 0. The average Bonchev–Trinajstić information content (AvgIpc) is 3.16. The number of carboxylic acid groups (broad SMARTS) is 1. The van der Waals surface area contributed by atoms with E-state index in [0.717, 1.165) is 16.3 Å². The van der Waals surface area contributed by atoms with Gasteiger partial charge >= 0.3 is 5.97 Å². The molecule has 29 heavy (non-hydrogen) atoms. The van der Waals surface area contributed by atoms with E-state index < -0.39 is 5.97 Å². The molecule has 146 valence electrons. The average molecular weight is 404 g/mol. The van der Waals surface area contributed by atoms with Crippen molar-refractivity contribution in [3.63, 3.8) is 0 Å². The Labute approximate surface area is 173 Å². The molecule has 0 atom stereocenters. The summed E-state index contributed by atoms with van der Waals surface area (Å²) in [6, 6.07) is 13.7. The second-order valence-corrected chi connectivity index (χ2v) is 7.61. The van der Waals surface area contributed by atoms with Gasteiger partial charge in [0.1, 0.15) is 0 Å². The van der Waals surface area contributed by atoms with Crippen molar-refractivity contribution in [2.45, 2.75) is 26.2 Å². The molecule has 0 saturated carbocycles. The van der Waals surface area contributed by atoms with Crippen molar-refractivity contribution in [2.24, 2.45) is 0 Å². The van der Waals surface area contributed by atoms with Crippen LogP contribution in [0, 0.1) is 11.8 Å². The second-order valence-electron chi connectivity index (χ2n) is 6.75. The van der Waals surface area contributed by atoms with Gasteiger partial charge in [0, 0.05) is 16.6 Å². The first-order valence-electron chi connectivity index (χ1n) is 9.11. The second kappa shape index (κ2) is 9.18. The molecule has 1 amide bonds. The number of benzene rings is 2. The summed E-state index contributed by atoms with van der Waals surface area (Å²) in [6.45, 7) is 4.18. The maximum absolute atomic E-state index is 12.4. The highest BCUT2D eigenvalue weighted by atomic mass is 32.1. The van der Waals surface area contributed by atoms with Crippen LogP contribution in [0.2, 0.25) is 0 Å². The van der Waals surface area contributed by atoms with Gasteiger partial charge in [0.05, 0.1) is 17.7 Å². The third-order valence-corrected chi connectivity index (χ3v) is 4.95. The van der Waals surface area contributed by atoms with Crippen molar-refractivity contribution in [1.29, 1.82) is 0 Å². The van der Waals surface area contributed by atoms with Crippen LogP contribution in [0.1, 0.15) is 52.0 Å². The minimum absolute atomic E-state index is 0.0184. The van der Waals surface area contributed by atoms with Crippen LogP contribution in [0.4, 0.5) is 5.69 Å². The Balaban J connectivity index is 1.69. The van der Waals surface area contributed by atoms with Crippen LogP contribution in [-0.4, -0.2) is 22.0 Å². The van der Waals surface area contributed by atoms with Gasteiger partial charge in [-0.2, -0.15) is 0 Å². The van der Waals surface area contributed by atoms with Gasteiger partial charge in [0.2, 0.25) is 5.91 Å². The highest BCUT2D eigenvalue weighted by Gasteiger charge is 2.12. The molecule has 2 aromatic carbocycles. The molecule has 5 nitrogen and oxygen atoms in total. The standard InChI is InChI=1S/C23H20N2O3S/c1-15(2)20-14-29-22(25-20)11-10-16-6-5-8-18(12-16)24-21(26)13-17-7-3-4-9-19(17)23(27)28/h3-9,12,14-15H,13H2,1-2H3,(H,24,26)(H,27,28). The van der Waals surface area contributed by atoms with E-state index in [4.69, 9.17) is 0 Å². The van der Waals surface area contributed by atoms with Crippen molar-refractivity contribution < 1.29 is 14.7 Å². The summed E-state index contributed by atoms with van der Waals surface area (Å²) in [5.74, 6) is 5.16. The summed E-state index contributed by atoms with van der Waals surface area (Å²) in [7, 11) is 0. The number of carbonyl (C=O) groups excluding carboxylic acids is 1. The summed E-state index contributed by atoms with van der Waals surface area (Å²) in [4.78, 5) is 28.1. The normalized spacial score (nSPS) is 10.3. The number of carbonyl (C=O) groups is 2. The number of amides is 1. The first kappa shape index (κ1) is 20.3. The number of aromatic nitrogens is 1. The molecule has 1 aromatic heterocycles. The number of aromatic carboxylic acids is 1. The predicted molar refractivity (Wildman–Crippen MR) is 114 cm³/mol. The fourth-order valence-corrected chi connectivity index (χ4v) is 3.50. The lowest BCUT2D eigenvalue weighted by molar-refractivity contribution is -0.115. The minimum atomic E-state index is -1.05. The molecule has 0 fully saturated rings.